The van der Waals surface area contributed by atoms with Crippen molar-refractivity contribution in [3.63, 3.8) is 0 Å². The van der Waals surface area contributed by atoms with Crippen LogP contribution in [0.4, 0.5) is 5.69 Å². The Morgan fingerprint density at radius 2 is 2.05 bits per heavy atom. The molecule has 0 saturated carbocycles. The van der Waals surface area contributed by atoms with E-state index >= 15 is 0 Å². The van der Waals surface area contributed by atoms with Gasteiger partial charge in [0.25, 0.3) is 0 Å². The van der Waals surface area contributed by atoms with Crippen molar-refractivity contribution in [1.29, 1.82) is 0 Å². The van der Waals surface area contributed by atoms with E-state index in [9.17, 15) is 10.0 Å². The van der Waals surface area contributed by atoms with Crippen LogP contribution >= 0.6 is 15.9 Å². The summed E-state index contributed by atoms with van der Waals surface area (Å²) in [5, 5.41) is 13.3. The largest absolute Gasteiger partial charge is 0.493 e. The molecule has 0 bridgehead atoms. The van der Waals surface area contributed by atoms with E-state index in [1.807, 2.05) is 6.07 Å². The molecule has 19 heavy (non-hydrogen) atoms. The van der Waals surface area contributed by atoms with Crippen LogP contribution in [0.1, 0.15) is 19.4 Å². The second-order valence-corrected chi connectivity index (χ2v) is 5.28. The van der Waals surface area contributed by atoms with E-state index in [0.29, 0.717) is 5.39 Å². The number of nitroso groups, excluding NO2 is 1. The number of rotatable bonds is 5. The Morgan fingerprint density at radius 1 is 1.37 bits per heavy atom. The molecule has 102 valence electrons. The minimum Gasteiger partial charge on any atom is -0.493 e. The van der Waals surface area contributed by atoms with Gasteiger partial charge in [0.05, 0.1) is 5.52 Å². The van der Waals surface area contributed by atoms with Crippen LogP contribution in [0, 0.1) is 4.91 Å². The van der Waals surface area contributed by atoms with Gasteiger partial charge in [0, 0.05) is 16.4 Å². The predicted molar refractivity (Wildman–Crippen MR) is 79.7 cm³/mol. The summed E-state index contributed by atoms with van der Waals surface area (Å²) in [6.45, 7) is 6.83. The molecule has 0 unspecified atom stereocenters. The van der Waals surface area contributed by atoms with Crippen molar-refractivity contribution in [3.8, 4) is 5.88 Å². The highest BCUT2D eigenvalue weighted by Gasteiger charge is 2.16. The van der Waals surface area contributed by atoms with E-state index in [1.165, 1.54) is 0 Å². The topological polar surface area (TPSA) is 68.7 Å². The molecule has 2 rings (SSSR count). The Kier molecular flexibility index (Phi) is 4.21. The van der Waals surface area contributed by atoms with Crippen LogP contribution in [0.2, 0.25) is 0 Å². The standard InChI is InChI=1S/C13H16BrN3O2/c1-3-17(4-2)7-8-5-9(14)6-10-11(8)15-13(18)12(10)16-19/h5-6,15,18H,3-4,7H2,1-2H3. The van der Waals surface area contributed by atoms with Gasteiger partial charge in [0.1, 0.15) is 0 Å². The van der Waals surface area contributed by atoms with Gasteiger partial charge < -0.3 is 10.1 Å². The van der Waals surface area contributed by atoms with Crippen molar-refractivity contribution >= 4 is 32.5 Å². The lowest BCUT2D eigenvalue weighted by molar-refractivity contribution is 0.296. The number of hydrogen-bond acceptors (Lipinski definition) is 4. The Morgan fingerprint density at radius 3 is 2.63 bits per heavy atom. The highest BCUT2D eigenvalue weighted by molar-refractivity contribution is 9.10. The zero-order valence-corrected chi connectivity index (χ0v) is 12.5. The fourth-order valence-corrected chi connectivity index (χ4v) is 2.71. The average molecular weight is 326 g/mol. The van der Waals surface area contributed by atoms with Crippen molar-refractivity contribution in [2.75, 3.05) is 13.1 Å². The molecule has 2 aromatic rings. The van der Waals surface area contributed by atoms with Crippen LogP contribution in [0.15, 0.2) is 21.8 Å². The molecule has 5 nitrogen and oxygen atoms in total. The third-order valence-corrected chi connectivity index (χ3v) is 3.75. The predicted octanol–water partition coefficient (Wildman–Crippen LogP) is 3.88. The first kappa shape index (κ1) is 14.0. The summed E-state index contributed by atoms with van der Waals surface area (Å²) in [6, 6.07) is 3.78. The summed E-state index contributed by atoms with van der Waals surface area (Å²) < 4.78 is 0.867. The van der Waals surface area contributed by atoms with Gasteiger partial charge in [-0.15, -0.1) is 4.91 Å². The first-order valence-electron chi connectivity index (χ1n) is 6.19. The molecule has 0 amide bonds. The lowest BCUT2D eigenvalue weighted by Crippen LogP contribution is -2.22. The number of H-pyrrole nitrogens is 1. The number of aromatic hydroxyl groups is 1. The highest BCUT2D eigenvalue weighted by Crippen LogP contribution is 2.38. The number of aromatic amines is 1. The molecule has 1 aromatic carbocycles. The van der Waals surface area contributed by atoms with E-state index in [-0.39, 0.29) is 11.6 Å². The SMILES string of the molecule is CCN(CC)Cc1cc(Br)cc2c(N=O)c(O)[nH]c12. The summed E-state index contributed by atoms with van der Waals surface area (Å²) in [5.41, 5.74) is 1.86. The maximum atomic E-state index is 10.8. The zero-order chi connectivity index (χ0) is 14.0. The quantitative estimate of drug-likeness (QED) is 0.820. The van der Waals surface area contributed by atoms with Gasteiger partial charge in [0.2, 0.25) is 5.88 Å². The maximum Gasteiger partial charge on any atom is 0.219 e. The smallest absolute Gasteiger partial charge is 0.219 e. The van der Waals surface area contributed by atoms with Crippen molar-refractivity contribution < 1.29 is 5.11 Å². The van der Waals surface area contributed by atoms with E-state index in [0.717, 1.165) is 35.2 Å². The van der Waals surface area contributed by atoms with Crippen LogP contribution in [0.3, 0.4) is 0 Å². The minimum absolute atomic E-state index is 0.0668. The molecular formula is C13H16BrN3O2. The Balaban J connectivity index is 2.57. The number of halogens is 1. The summed E-state index contributed by atoms with van der Waals surface area (Å²) in [5.74, 6) is -0.177. The fraction of sp³-hybridized carbons (Fsp3) is 0.385. The molecule has 0 atom stereocenters. The van der Waals surface area contributed by atoms with Gasteiger partial charge in [0.15, 0.2) is 5.69 Å². The molecule has 0 aliphatic rings. The Labute approximate surface area is 119 Å². The third kappa shape index (κ3) is 2.64. The van der Waals surface area contributed by atoms with Gasteiger partial charge in [-0.1, -0.05) is 29.8 Å². The lowest BCUT2D eigenvalue weighted by atomic mass is 10.1. The van der Waals surface area contributed by atoms with Gasteiger partial charge in [-0.3, -0.25) is 4.90 Å². The molecule has 0 aliphatic heterocycles. The molecule has 6 heteroatoms. The van der Waals surface area contributed by atoms with E-state index in [1.54, 1.807) is 6.07 Å². The Hall–Kier alpha value is -1.40. The van der Waals surface area contributed by atoms with Gasteiger partial charge in [-0.05, 0) is 36.0 Å². The fourth-order valence-electron chi connectivity index (χ4n) is 2.21. The van der Waals surface area contributed by atoms with Crippen LogP contribution < -0.4 is 0 Å². The minimum atomic E-state index is -0.177. The third-order valence-electron chi connectivity index (χ3n) is 3.29. The molecular weight excluding hydrogens is 310 g/mol. The summed E-state index contributed by atoms with van der Waals surface area (Å²) in [7, 11) is 0. The molecule has 0 radical (unpaired) electrons. The first-order valence-corrected chi connectivity index (χ1v) is 6.98. The molecule has 0 fully saturated rings. The first-order chi connectivity index (χ1) is 9.10. The lowest BCUT2D eigenvalue weighted by Gasteiger charge is -2.18. The second-order valence-electron chi connectivity index (χ2n) is 4.36. The molecule has 0 aliphatic carbocycles. The molecule has 2 N–H and O–H groups in total. The van der Waals surface area contributed by atoms with Crippen LogP contribution in [-0.4, -0.2) is 28.1 Å². The van der Waals surface area contributed by atoms with Crippen molar-refractivity contribution in [1.82, 2.24) is 9.88 Å². The molecule has 1 heterocycles. The van der Waals surface area contributed by atoms with E-state index in [4.69, 9.17) is 0 Å². The van der Waals surface area contributed by atoms with Crippen LogP contribution in [0.25, 0.3) is 10.9 Å². The van der Waals surface area contributed by atoms with Crippen LogP contribution in [-0.2, 0) is 6.54 Å². The average Bonchev–Trinajstić information content (AvgIpc) is 2.71. The number of nitrogens with zero attached hydrogens (tertiary/aromatic N) is 2. The number of hydrogen-bond donors (Lipinski definition) is 2. The zero-order valence-electron chi connectivity index (χ0n) is 10.9. The highest BCUT2D eigenvalue weighted by atomic mass is 79.9. The normalized spacial score (nSPS) is 11.4. The molecule has 1 aromatic heterocycles. The van der Waals surface area contributed by atoms with Crippen molar-refractivity contribution in [3.05, 3.63) is 27.1 Å². The Bertz CT molecular complexity index is 605. The number of fused-ring (bicyclic) bond motifs is 1. The second kappa shape index (κ2) is 5.71. The summed E-state index contributed by atoms with van der Waals surface area (Å²) in [6.07, 6.45) is 0. The van der Waals surface area contributed by atoms with E-state index in [2.05, 4.69) is 44.8 Å². The van der Waals surface area contributed by atoms with Gasteiger partial charge >= 0.3 is 0 Å². The maximum absolute atomic E-state index is 10.8. The van der Waals surface area contributed by atoms with Gasteiger partial charge in [-0.2, -0.15) is 0 Å². The number of nitrogens with one attached hydrogen (secondary N) is 1. The summed E-state index contributed by atoms with van der Waals surface area (Å²) in [4.78, 5) is 15.9. The number of benzene rings is 1. The van der Waals surface area contributed by atoms with E-state index < -0.39 is 0 Å². The molecule has 0 spiro atoms. The van der Waals surface area contributed by atoms with Crippen molar-refractivity contribution in [2.45, 2.75) is 20.4 Å². The van der Waals surface area contributed by atoms with Crippen LogP contribution in [0.5, 0.6) is 5.88 Å². The molecule has 0 saturated heterocycles. The number of aromatic nitrogens is 1. The van der Waals surface area contributed by atoms with Crippen molar-refractivity contribution in [2.24, 2.45) is 5.18 Å². The summed E-state index contributed by atoms with van der Waals surface area (Å²) >= 11 is 3.43. The van der Waals surface area contributed by atoms with Gasteiger partial charge in [-0.25, -0.2) is 0 Å². The monoisotopic (exact) mass is 325 g/mol.